The van der Waals surface area contributed by atoms with Crippen LogP contribution in [-0.2, 0) is 0 Å². The number of hydrogen-bond donors (Lipinski definition) is 1. The van der Waals surface area contributed by atoms with Crippen LogP contribution in [0.25, 0.3) is 0 Å². The number of hydrogen-bond acceptors (Lipinski definition) is 2. The zero-order chi connectivity index (χ0) is 12.4. The van der Waals surface area contributed by atoms with Crippen LogP contribution in [0, 0.1) is 11.7 Å². The van der Waals surface area contributed by atoms with E-state index in [9.17, 15) is 4.39 Å². The van der Waals surface area contributed by atoms with Crippen LogP contribution in [0.15, 0.2) is 22.7 Å². The summed E-state index contributed by atoms with van der Waals surface area (Å²) in [6.07, 6.45) is 2.29. The van der Waals surface area contributed by atoms with Gasteiger partial charge in [-0.25, -0.2) is 4.39 Å². The first-order chi connectivity index (χ1) is 8.13. The average molecular weight is 301 g/mol. The highest BCUT2D eigenvalue weighted by Crippen LogP contribution is 2.37. The van der Waals surface area contributed by atoms with Gasteiger partial charge in [0.15, 0.2) is 0 Å². The van der Waals surface area contributed by atoms with Gasteiger partial charge >= 0.3 is 0 Å². The quantitative estimate of drug-likeness (QED) is 0.910. The normalized spacial score (nSPS) is 26.1. The summed E-state index contributed by atoms with van der Waals surface area (Å²) >= 11 is 3.52. The van der Waals surface area contributed by atoms with Gasteiger partial charge in [0.05, 0.1) is 0 Å². The number of halogens is 2. The van der Waals surface area contributed by atoms with Crippen molar-refractivity contribution < 1.29 is 4.39 Å². The lowest BCUT2D eigenvalue weighted by Gasteiger charge is -2.39. The smallest absolute Gasteiger partial charge is 0.123 e. The molecule has 2 unspecified atom stereocenters. The molecule has 0 saturated carbocycles. The minimum Gasteiger partial charge on any atom is -0.330 e. The van der Waals surface area contributed by atoms with Crippen LogP contribution in [-0.4, -0.2) is 25.0 Å². The van der Waals surface area contributed by atoms with Crippen LogP contribution in [0.4, 0.5) is 4.39 Å². The largest absolute Gasteiger partial charge is 0.330 e. The van der Waals surface area contributed by atoms with Gasteiger partial charge in [-0.3, -0.25) is 4.90 Å². The molecule has 0 radical (unpaired) electrons. The number of piperidine rings is 1. The number of likely N-dealkylation sites (tertiary alicyclic amines) is 1. The second-order valence-electron chi connectivity index (χ2n) is 4.73. The molecular formula is C13H18BrFN2. The fourth-order valence-corrected chi connectivity index (χ4v) is 3.22. The molecular weight excluding hydrogens is 283 g/mol. The first-order valence-corrected chi connectivity index (χ1v) is 6.78. The molecule has 1 aliphatic heterocycles. The Balaban J connectivity index is 2.37. The maximum absolute atomic E-state index is 13.4. The van der Waals surface area contributed by atoms with Crippen LogP contribution < -0.4 is 5.73 Å². The number of rotatable bonds is 2. The van der Waals surface area contributed by atoms with Gasteiger partial charge in [-0.1, -0.05) is 15.9 Å². The molecule has 2 rings (SSSR count). The van der Waals surface area contributed by atoms with Crippen LogP contribution in [0.1, 0.15) is 24.4 Å². The van der Waals surface area contributed by atoms with E-state index < -0.39 is 0 Å². The van der Waals surface area contributed by atoms with E-state index in [0.717, 1.165) is 23.0 Å². The van der Waals surface area contributed by atoms with E-state index in [1.54, 1.807) is 12.1 Å². The van der Waals surface area contributed by atoms with Crippen LogP contribution in [0.3, 0.4) is 0 Å². The van der Waals surface area contributed by atoms with Gasteiger partial charge < -0.3 is 5.73 Å². The van der Waals surface area contributed by atoms with Gasteiger partial charge in [0.25, 0.3) is 0 Å². The van der Waals surface area contributed by atoms with E-state index in [-0.39, 0.29) is 11.9 Å². The second-order valence-corrected chi connectivity index (χ2v) is 5.58. The van der Waals surface area contributed by atoms with Gasteiger partial charge in [-0.15, -0.1) is 0 Å². The maximum Gasteiger partial charge on any atom is 0.123 e. The lowest BCUT2D eigenvalue weighted by atomic mass is 9.85. The van der Waals surface area contributed by atoms with Crippen molar-refractivity contribution in [3.63, 3.8) is 0 Å². The lowest BCUT2D eigenvalue weighted by Crippen LogP contribution is -2.39. The summed E-state index contributed by atoms with van der Waals surface area (Å²) in [7, 11) is 2.09. The first kappa shape index (κ1) is 13.0. The Bertz CT molecular complexity index is 397. The molecule has 1 aliphatic rings. The van der Waals surface area contributed by atoms with Gasteiger partial charge in [0.2, 0.25) is 0 Å². The Kier molecular flexibility index (Phi) is 4.17. The third kappa shape index (κ3) is 2.69. The van der Waals surface area contributed by atoms with Crippen LogP contribution in [0.2, 0.25) is 0 Å². The van der Waals surface area contributed by atoms with Gasteiger partial charge in [-0.2, -0.15) is 0 Å². The maximum atomic E-state index is 13.4. The molecule has 1 aromatic carbocycles. The summed E-state index contributed by atoms with van der Waals surface area (Å²) in [4.78, 5) is 2.28. The Morgan fingerprint density at radius 3 is 3.00 bits per heavy atom. The molecule has 0 amide bonds. The van der Waals surface area contributed by atoms with Crippen molar-refractivity contribution in [2.45, 2.75) is 18.9 Å². The standard InChI is InChI=1S/C13H18BrFN2/c1-17-6-2-3-9(8-16)13(17)11-7-10(15)4-5-12(11)14/h4-5,7,9,13H,2-3,6,8,16H2,1H3. The average Bonchev–Trinajstić information content (AvgIpc) is 2.32. The SMILES string of the molecule is CN1CCCC(CN)C1c1cc(F)ccc1Br. The van der Waals surface area contributed by atoms with Crippen molar-refractivity contribution >= 4 is 15.9 Å². The predicted molar refractivity (Wildman–Crippen MR) is 71.2 cm³/mol. The van der Waals surface area contributed by atoms with E-state index >= 15 is 0 Å². The lowest BCUT2D eigenvalue weighted by molar-refractivity contribution is 0.124. The summed E-state index contributed by atoms with van der Waals surface area (Å²) in [5.41, 5.74) is 6.86. The molecule has 0 bridgehead atoms. The molecule has 17 heavy (non-hydrogen) atoms. The molecule has 0 spiro atoms. The molecule has 1 heterocycles. The summed E-state index contributed by atoms with van der Waals surface area (Å²) < 4.78 is 14.4. The summed E-state index contributed by atoms with van der Waals surface area (Å²) in [5.74, 6) is 0.227. The fraction of sp³-hybridized carbons (Fsp3) is 0.538. The van der Waals surface area contributed by atoms with E-state index in [1.165, 1.54) is 12.5 Å². The highest BCUT2D eigenvalue weighted by Gasteiger charge is 2.30. The molecule has 1 aromatic rings. The van der Waals surface area contributed by atoms with E-state index in [4.69, 9.17) is 5.73 Å². The molecule has 94 valence electrons. The van der Waals surface area contributed by atoms with Crippen molar-refractivity contribution in [3.8, 4) is 0 Å². The van der Waals surface area contributed by atoms with Crippen molar-refractivity contribution in [1.29, 1.82) is 0 Å². The second kappa shape index (κ2) is 5.46. The van der Waals surface area contributed by atoms with E-state index in [1.807, 2.05) is 0 Å². The van der Waals surface area contributed by atoms with Gasteiger partial charge in [-0.05, 0) is 62.7 Å². The predicted octanol–water partition coefficient (Wildman–Crippen LogP) is 2.93. The Labute approximate surface area is 110 Å². The third-order valence-electron chi connectivity index (χ3n) is 3.59. The number of benzene rings is 1. The molecule has 2 atom stereocenters. The third-order valence-corrected chi connectivity index (χ3v) is 4.31. The highest BCUT2D eigenvalue weighted by atomic mass is 79.9. The highest BCUT2D eigenvalue weighted by molar-refractivity contribution is 9.10. The Hall–Kier alpha value is -0.450. The van der Waals surface area contributed by atoms with Crippen molar-refractivity contribution in [3.05, 3.63) is 34.1 Å². The zero-order valence-corrected chi connectivity index (χ0v) is 11.6. The van der Waals surface area contributed by atoms with Crippen molar-refractivity contribution in [2.75, 3.05) is 20.1 Å². The van der Waals surface area contributed by atoms with Crippen molar-refractivity contribution in [1.82, 2.24) is 4.90 Å². The number of nitrogens with two attached hydrogens (primary N) is 1. The first-order valence-electron chi connectivity index (χ1n) is 5.98. The molecule has 0 aliphatic carbocycles. The van der Waals surface area contributed by atoms with E-state index in [0.29, 0.717) is 12.5 Å². The van der Waals surface area contributed by atoms with Crippen LogP contribution in [0.5, 0.6) is 0 Å². The number of nitrogens with zero attached hydrogens (tertiary/aromatic N) is 1. The van der Waals surface area contributed by atoms with Gasteiger partial charge in [0, 0.05) is 10.5 Å². The van der Waals surface area contributed by atoms with Crippen molar-refractivity contribution in [2.24, 2.45) is 11.7 Å². The van der Waals surface area contributed by atoms with Crippen LogP contribution >= 0.6 is 15.9 Å². The summed E-state index contributed by atoms with van der Waals surface area (Å²) in [6, 6.07) is 5.10. The monoisotopic (exact) mass is 300 g/mol. The fourth-order valence-electron chi connectivity index (χ4n) is 2.74. The topological polar surface area (TPSA) is 29.3 Å². The van der Waals surface area contributed by atoms with Gasteiger partial charge in [0.1, 0.15) is 5.82 Å². The zero-order valence-electron chi connectivity index (χ0n) is 10.00. The van der Waals surface area contributed by atoms with E-state index in [2.05, 4.69) is 27.9 Å². The minimum atomic E-state index is -0.182. The summed E-state index contributed by atoms with van der Waals surface area (Å²) in [5, 5.41) is 0. The summed E-state index contributed by atoms with van der Waals surface area (Å²) in [6.45, 7) is 1.70. The molecule has 2 N–H and O–H groups in total. The molecule has 4 heteroatoms. The minimum absolute atomic E-state index is 0.182. The molecule has 1 fully saturated rings. The Morgan fingerprint density at radius 1 is 1.53 bits per heavy atom. The Morgan fingerprint density at radius 2 is 2.29 bits per heavy atom. The molecule has 2 nitrogen and oxygen atoms in total. The molecule has 0 aromatic heterocycles. The molecule has 1 saturated heterocycles.